The Labute approximate surface area is 132 Å². The average Bonchev–Trinajstić information content (AvgIpc) is 2.82. The van der Waals surface area contributed by atoms with Crippen LogP contribution >= 0.6 is 15.9 Å². The van der Waals surface area contributed by atoms with Crippen LogP contribution in [0.5, 0.6) is 0 Å². The molecule has 1 aromatic carbocycles. The molecule has 0 atom stereocenters. The summed E-state index contributed by atoms with van der Waals surface area (Å²) >= 11 is 3.22. The van der Waals surface area contributed by atoms with E-state index in [0.29, 0.717) is 22.3 Å². The number of nitrogens with zero attached hydrogens (tertiary/aromatic N) is 2. The Kier molecular flexibility index (Phi) is 5.11. The van der Waals surface area contributed by atoms with Crippen molar-refractivity contribution in [1.29, 1.82) is 0 Å². The van der Waals surface area contributed by atoms with Crippen molar-refractivity contribution in [2.45, 2.75) is 39.2 Å². The predicted molar refractivity (Wildman–Crippen MR) is 83.5 cm³/mol. The summed E-state index contributed by atoms with van der Waals surface area (Å²) in [4.78, 5) is 0. The molecule has 0 aliphatic heterocycles. The van der Waals surface area contributed by atoms with Crippen molar-refractivity contribution < 1.29 is 8.81 Å². The summed E-state index contributed by atoms with van der Waals surface area (Å²) in [5.74, 6) is 0.371. The Morgan fingerprint density at radius 2 is 2.05 bits per heavy atom. The quantitative estimate of drug-likeness (QED) is 0.824. The van der Waals surface area contributed by atoms with E-state index in [4.69, 9.17) is 4.42 Å². The molecule has 0 saturated heterocycles. The summed E-state index contributed by atoms with van der Waals surface area (Å²) in [5.41, 5.74) is 0.422. The summed E-state index contributed by atoms with van der Waals surface area (Å²) in [6.45, 7) is 7.23. The molecule has 2 rings (SSSR count). The van der Waals surface area contributed by atoms with Gasteiger partial charge in [0.2, 0.25) is 5.89 Å². The van der Waals surface area contributed by atoms with Crippen molar-refractivity contribution in [2.24, 2.45) is 0 Å². The fourth-order valence-corrected chi connectivity index (χ4v) is 2.16. The molecule has 4 nitrogen and oxygen atoms in total. The molecular weight excluding hydrogens is 337 g/mol. The monoisotopic (exact) mass is 355 g/mol. The number of hydrogen-bond acceptors (Lipinski definition) is 4. The molecule has 114 valence electrons. The number of aryl methyl sites for hydroxylation is 1. The second kappa shape index (κ2) is 6.66. The lowest BCUT2D eigenvalue weighted by Gasteiger charge is -2.19. The summed E-state index contributed by atoms with van der Waals surface area (Å²) in [6, 6.07) is 4.75. The molecule has 1 heterocycles. The van der Waals surface area contributed by atoms with Gasteiger partial charge in [0.05, 0.1) is 5.56 Å². The normalized spacial score (nSPS) is 11.9. The highest BCUT2D eigenvalue weighted by atomic mass is 79.9. The van der Waals surface area contributed by atoms with Crippen molar-refractivity contribution >= 4 is 15.9 Å². The Morgan fingerprint density at radius 3 is 2.71 bits per heavy atom. The highest BCUT2D eigenvalue weighted by molar-refractivity contribution is 9.10. The molecule has 6 heteroatoms. The SMILES string of the molecule is CC(C)(C)NCCCc1nnc(-c2ccc(Br)cc2F)o1. The lowest BCUT2D eigenvalue weighted by Crippen LogP contribution is -2.36. The minimum atomic E-state index is -0.381. The molecule has 1 aromatic heterocycles. The van der Waals surface area contributed by atoms with Crippen molar-refractivity contribution in [2.75, 3.05) is 6.54 Å². The summed E-state index contributed by atoms with van der Waals surface area (Å²) < 4.78 is 20.0. The third-order valence-corrected chi connectivity index (χ3v) is 3.34. The lowest BCUT2D eigenvalue weighted by atomic mass is 10.1. The van der Waals surface area contributed by atoms with Crippen LogP contribution in [0.2, 0.25) is 0 Å². The van der Waals surface area contributed by atoms with E-state index in [0.717, 1.165) is 13.0 Å². The standard InChI is InChI=1S/C15H19BrFN3O/c1-15(2,3)18-8-4-5-13-19-20-14(21-13)11-7-6-10(16)9-12(11)17/h6-7,9,18H,4-5,8H2,1-3H3. The van der Waals surface area contributed by atoms with Gasteiger partial charge >= 0.3 is 0 Å². The Hall–Kier alpha value is -1.27. The van der Waals surface area contributed by atoms with Gasteiger partial charge in [-0.2, -0.15) is 0 Å². The maximum Gasteiger partial charge on any atom is 0.250 e. The van der Waals surface area contributed by atoms with E-state index >= 15 is 0 Å². The van der Waals surface area contributed by atoms with Gasteiger partial charge in [-0.05, 0) is 51.9 Å². The van der Waals surface area contributed by atoms with Crippen LogP contribution in [0.3, 0.4) is 0 Å². The molecule has 0 amide bonds. The summed E-state index contributed by atoms with van der Waals surface area (Å²) in [5, 5.41) is 11.3. The van der Waals surface area contributed by atoms with Crippen LogP contribution in [0, 0.1) is 5.82 Å². The molecule has 0 bridgehead atoms. The molecule has 0 fully saturated rings. The van der Waals surface area contributed by atoms with Crippen LogP contribution in [-0.2, 0) is 6.42 Å². The van der Waals surface area contributed by atoms with Gasteiger partial charge in [0.1, 0.15) is 5.82 Å². The predicted octanol–water partition coefficient (Wildman–Crippen LogP) is 3.96. The molecule has 0 saturated carbocycles. The van der Waals surface area contributed by atoms with Gasteiger partial charge in [-0.3, -0.25) is 0 Å². The van der Waals surface area contributed by atoms with Crippen molar-refractivity contribution in [3.05, 3.63) is 34.4 Å². The Bertz CT molecular complexity index is 607. The van der Waals surface area contributed by atoms with E-state index in [1.807, 2.05) is 0 Å². The van der Waals surface area contributed by atoms with Crippen LogP contribution in [-0.4, -0.2) is 22.3 Å². The van der Waals surface area contributed by atoms with E-state index < -0.39 is 0 Å². The number of halogens is 2. The van der Waals surface area contributed by atoms with Gasteiger partial charge in [-0.25, -0.2) is 4.39 Å². The largest absolute Gasteiger partial charge is 0.421 e. The highest BCUT2D eigenvalue weighted by Crippen LogP contribution is 2.24. The van der Waals surface area contributed by atoms with Gasteiger partial charge in [0.25, 0.3) is 5.89 Å². The average molecular weight is 356 g/mol. The second-order valence-electron chi connectivity index (χ2n) is 5.91. The minimum absolute atomic E-state index is 0.0978. The number of rotatable bonds is 5. The van der Waals surface area contributed by atoms with Crippen molar-refractivity contribution in [3.63, 3.8) is 0 Å². The Morgan fingerprint density at radius 1 is 1.29 bits per heavy atom. The van der Waals surface area contributed by atoms with Crippen LogP contribution in [0.1, 0.15) is 33.1 Å². The number of aromatic nitrogens is 2. The molecule has 2 aromatic rings. The molecule has 0 radical (unpaired) electrons. The number of nitrogens with one attached hydrogen (secondary N) is 1. The molecule has 0 aliphatic carbocycles. The number of benzene rings is 1. The van der Waals surface area contributed by atoms with E-state index in [9.17, 15) is 4.39 Å². The molecule has 1 N–H and O–H groups in total. The Balaban J connectivity index is 1.95. The van der Waals surface area contributed by atoms with E-state index in [2.05, 4.69) is 52.2 Å². The van der Waals surface area contributed by atoms with Crippen molar-refractivity contribution in [1.82, 2.24) is 15.5 Å². The molecule has 21 heavy (non-hydrogen) atoms. The zero-order valence-corrected chi connectivity index (χ0v) is 14.0. The number of hydrogen-bond donors (Lipinski definition) is 1. The smallest absolute Gasteiger partial charge is 0.250 e. The van der Waals surface area contributed by atoms with Gasteiger partial charge in [0, 0.05) is 16.4 Å². The first-order chi connectivity index (χ1) is 9.85. The lowest BCUT2D eigenvalue weighted by molar-refractivity contribution is 0.412. The third-order valence-electron chi connectivity index (χ3n) is 2.85. The van der Waals surface area contributed by atoms with Gasteiger partial charge in [0.15, 0.2) is 0 Å². The van der Waals surface area contributed by atoms with Gasteiger partial charge in [-0.1, -0.05) is 15.9 Å². The fourth-order valence-electron chi connectivity index (χ4n) is 1.83. The molecular formula is C15H19BrFN3O. The minimum Gasteiger partial charge on any atom is -0.421 e. The van der Waals surface area contributed by atoms with Gasteiger partial charge < -0.3 is 9.73 Å². The molecule has 0 unspecified atom stereocenters. The van der Waals surface area contributed by atoms with E-state index in [-0.39, 0.29) is 17.2 Å². The summed E-state index contributed by atoms with van der Waals surface area (Å²) in [6.07, 6.45) is 1.57. The first-order valence-electron chi connectivity index (χ1n) is 6.88. The zero-order chi connectivity index (χ0) is 15.5. The first-order valence-corrected chi connectivity index (χ1v) is 7.67. The van der Waals surface area contributed by atoms with Crippen LogP contribution in [0.15, 0.2) is 27.1 Å². The zero-order valence-electron chi connectivity index (χ0n) is 12.4. The third kappa shape index (κ3) is 4.89. The van der Waals surface area contributed by atoms with E-state index in [1.54, 1.807) is 12.1 Å². The fraction of sp³-hybridized carbons (Fsp3) is 0.467. The maximum absolute atomic E-state index is 13.8. The van der Waals surface area contributed by atoms with E-state index in [1.165, 1.54) is 6.07 Å². The van der Waals surface area contributed by atoms with Crippen molar-refractivity contribution in [3.8, 4) is 11.5 Å². The van der Waals surface area contributed by atoms with Gasteiger partial charge in [-0.15, -0.1) is 10.2 Å². The molecule has 0 spiro atoms. The summed E-state index contributed by atoms with van der Waals surface area (Å²) in [7, 11) is 0. The second-order valence-corrected chi connectivity index (χ2v) is 6.82. The first kappa shape index (κ1) is 16.1. The highest BCUT2D eigenvalue weighted by Gasteiger charge is 2.13. The van der Waals surface area contributed by atoms with Crippen LogP contribution in [0.4, 0.5) is 4.39 Å². The molecule has 0 aliphatic rings. The maximum atomic E-state index is 13.8. The van der Waals surface area contributed by atoms with Crippen LogP contribution in [0.25, 0.3) is 11.5 Å². The van der Waals surface area contributed by atoms with Crippen LogP contribution < -0.4 is 5.32 Å². The topological polar surface area (TPSA) is 51.0 Å².